The third-order valence-electron chi connectivity index (χ3n) is 5.19. The summed E-state index contributed by atoms with van der Waals surface area (Å²) in [6.07, 6.45) is 5.26. The smallest absolute Gasteiger partial charge is 0.242 e. The lowest BCUT2D eigenvalue weighted by Crippen LogP contribution is -2.30. The Labute approximate surface area is 173 Å². The van der Waals surface area contributed by atoms with Crippen molar-refractivity contribution in [3.63, 3.8) is 0 Å². The molecule has 1 N–H and O–H groups in total. The van der Waals surface area contributed by atoms with Crippen LogP contribution in [0.2, 0.25) is 0 Å². The molecule has 0 spiro atoms. The number of halogens is 1. The molecule has 2 aromatic carbocycles. The van der Waals surface area contributed by atoms with E-state index in [1.807, 2.05) is 36.4 Å². The van der Waals surface area contributed by atoms with Crippen LogP contribution in [-0.4, -0.2) is 21.5 Å². The first-order valence-corrected chi connectivity index (χ1v) is 11.8. The first-order valence-electron chi connectivity index (χ1n) is 9.49. The van der Waals surface area contributed by atoms with Crippen LogP contribution in [0.1, 0.15) is 38.0 Å². The van der Waals surface area contributed by atoms with E-state index < -0.39 is 16.1 Å². The summed E-state index contributed by atoms with van der Waals surface area (Å²) in [7, 11) is -3.71. The van der Waals surface area contributed by atoms with Gasteiger partial charge in [0.1, 0.15) is 5.76 Å². The zero-order valence-electron chi connectivity index (χ0n) is 15.7. The molecule has 3 aromatic rings. The lowest BCUT2D eigenvalue weighted by Gasteiger charge is -2.29. The van der Waals surface area contributed by atoms with Crippen molar-refractivity contribution < 1.29 is 12.8 Å². The van der Waals surface area contributed by atoms with Crippen molar-refractivity contribution in [2.75, 3.05) is 18.0 Å². The molecule has 148 valence electrons. The maximum Gasteiger partial charge on any atom is 0.242 e. The van der Waals surface area contributed by atoms with Crippen LogP contribution in [0.15, 0.2) is 62.5 Å². The maximum absolute atomic E-state index is 13.0. The van der Waals surface area contributed by atoms with Gasteiger partial charge in [-0.2, -0.15) is 0 Å². The van der Waals surface area contributed by atoms with E-state index in [0.29, 0.717) is 10.2 Å². The molecule has 7 heteroatoms. The molecular weight excluding hydrogens is 440 g/mol. The fourth-order valence-electron chi connectivity index (χ4n) is 3.76. The van der Waals surface area contributed by atoms with Gasteiger partial charge in [-0.1, -0.05) is 24.3 Å². The Kier molecular flexibility index (Phi) is 5.49. The summed E-state index contributed by atoms with van der Waals surface area (Å²) in [5.41, 5.74) is 1.05. The number of fused-ring (bicyclic) bond motifs is 1. The predicted molar refractivity (Wildman–Crippen MR) is 115 cm³/mol. The quantitative estimate of drug-likeness (QED) is 0.563. The number of rotatable bonds is 5. The van der Waals surface area contributed by atoms with Gasteiger partial charge in [0.2, 0.25) is 10.0 Å². The Morgan fingerprint density at radius 2 is 1.86 bits per heavy atom. The predicted octanol–water partition coefficient (Wildman–Crippen LogP) is 5.23. The van der Waals surface area contributed by atoms with Crippen LogP contribution in [0.3, 0.4) is 0 Å². The fraction of sp³-hybridized carbons (Fsp3) is 0.333. The van der Waals surface area contributed by atoms with Crippen molar-refractivity contribution in [3.05, 3.63) is 59.0 Å². The minimum Gasteiger partial charge on any atom is -0.466 e. The van der Waals surface area contributed by atoms with Gasteiger partial charge in [-0.05, 0) is 60.3 Å². The van der Waals surface area contributed by atoms with E-state index >= 15 is 0 Å². The number of furan rings is 1. The highest BCUT2D eigenvalue weighted by Gasteiger charge is 2.24. The maximum atomic E-state index is 13.0. The minimum absolute atomic E-state index is 0.232. The second-order valence-corrected chi connectivity index (χ2v) is 9.73. The van der Waals surface area contributed by atoms with Gasteiger partial charge in [-0.25, -0.2) is 13.1 Å². The molecule has 1 aliphatic rings. The largest absolute Gasteiger partial charge is 0.466 e. The Balaban J connectivity index is 1.57. The van der Waals surface area contributed by atoms with E-state index in [2.05, 4.69) is 25.6 Å². The summed E-state index contributed by atoms with van der Waals surface area (Å²) in [6.45, 7) is 3.82. The Bertz CT molecular complexity index is 1090. The Morgan fingerprint density at radius 1 is 1.11 bits per heavy atom. The van der Waals surface area contributed by atoms with Crippen molar-refractivity contribution in [1.29, 1.82) is 0 Å². The minimum atomic E-state index is -3.71. The van der Waals surface area contributed by atoms with Gasteiger partial charge in [-0.3, -0.25) is 0 Å². The third kappa shape index (κ3) is 3.83. The highest BCUT2D eigenvalue weighted by molar-refractivity contribution is 9.10. The summed E-state index contributed by atoms with van der Waals surface area (Å²) in [4.78, 5) is 2.53. The first kappa shape index (κ1) is 19.5. The lowest BCUT2D eigenvalue weighted by atomic mass is 10.1. The molecule has 0 saturated carbocycles. The SMILES string of the molecule is CC(NS(=O)(=O)c1ccc(N2CCCCC2)cc1Br)c1occ2ccccc12. The van der Waals surface area contributed by atoms with Gasteiger partial charge in [-0.15, -0.1) is 0 Å². The average molecular weight is 463 g/mol. The second kappa shape index (κ2) is 7.89. The molecule has 0 aliphatic carbocycles. The average Bonchev–Trinajstić information content (AvgIpc) is 3.12. The fourth-order valence-corrected chi connectivity index (χ4v) is 6.02. The van der Waals surface area contributed by atoms with Crippen molar-refractivity contribution in [2.45, 2.75) is 37.1 Å². The first-order chi connectivity index (χ1) is 13.5. The van der Waals surface area contributed by atoms with Crippen molar-refractivity contribution >= 4 is 42.4 Å². The molecule has 1 atom stereocenters. The van der Waals surface area contributed by atoms with Crippen LogP contribution < -0.4 is 9.62 Å². The van der Waals surface area contributed by atoms with Crippen LogP contribution in [0, 0.1) is 0 Å². The van der Waals surface area contributed by atoms with Crippen LogP contribution in [0.4, 0.5) is 5.69 Å². The van der Waals surface area contributed by atoms with Gasteiger partial charge in [0.15, 0.2) is 0 Å². The summed E-state index contributed by atoms with van der Waals surface area (Å²) in [5, 5.41) is 1.87. The zero-order valence-corrected chi connectivity index (χ0v) is 18.1. The van der Waals surface area contributed by atoms with Gasteiger partial charge >= 0.3 is 0 Å². The lowest BCUT2D eigenvalue weighted by molar-refractivity contribution is 0.464. The van der Waals surface area contributed by atoms with Crippen LogP contribution >= 0.6 is 15.9 Å². The molecule has 5 nitrogen and oxygen atoms in total. The van der Waals surface area contributed by atoms with Gasteiger partial charge in [0.25, 0.3) is 0 Å². The molecule has 28 heavy (non-hydrogen) atoms. The molecule has 0 bridgehead atoms. The molecule has 2 heterocycles. The number of anilines is 1. The number of hydrogen-bond donors (Lipinski definition) is 1. The van der Waals surface area contributed by atoms with Gasteiger partial charge in [0.05, 0.1) is 17.2 Å². The molecule has 0 radical (unpaired) electrons. The molecule has 1 aliphatic heterocycles. The number of sulfonamides is 1. The van der Waals surface area contributed by atoms with Crippen molar-refractivity contribution in [3.8, 4) is 0 Å². The third-order valence-corrected chi connectivity index (χ3v) is 7.71. The number of hydrogen-bond acceptors (Lipinski definition) is 4. The molecule has 1 unspecified atom stereocenters. The number of benzene rings is 2. The second-order valence-electron chi connectivity index (χ2n) is 7.19. The number of piperidine rings is 1. The molecular formula is C21H23BrN2O3S. The molecule has 0 amide bonds. The molecule has 1 fully saturated rings. The summed E-state index contributed by atoms with van der Waals surface area (Å²) in [5.74, 6) is 0.611. The van der Waals surface area contributed by atoms with E-state index in [4.69, 9.17) is 4.42 Å². The van der Waals surface area contributed by atoms with Crippen LogP contribution in [0.25, 0.3) is 10.8 Å². The van der Waals surface area contributed by atoms with Crippen LogP contribution in [0.5, 0.6) is 0 Å². The van der Waals surface area contributed by atoms with E-state index in [-0.39, 0.29) is 4.90 Å². The van der Waals surface area contributed by atoms with Crippen LogP contribution in [-0.2, 0) is 10.0 Å². The van der Waals surface area contributed by atoms with E-state index in [1.54, 1.807) is 19.3 Å². The van der Waals surface area contributed by atoms with E-state index in [0.717, 1.165) is 29.5 Å². The normalized spacial score (nSPS) is 16.4. The summed E-state index contributed by atoms with van der Waals surface area (Å²) in [6, 6.07) is 12.7. The molecule has 1 saturated heterocycles. The molecule has 4 rings (SSSR count). The topological polar surface area (TPSA) is 62.6 Å². The van der Waals surface area contributed by atoms with Crippen molar-refractivity contribution in [1.82, 2.24) is 4.72 Å². The number of nitrogens with one attached hydrogen (secondary N) is 1. The van der Waals surface area contributed by atoms with Gasteiger partial charge in [0, 0.05) is 34.0 Å². The Hall–Kier alpha value is -1.83. The van der Waals surface area contributed by atoms with E-state index in [1.165, 1.54) is 19.3 Å². The monoisotopic (exact) mass is 462 g/mol. The van der Waals surface area contributed by atoms with Crippen molar-refractivity contribution in [2.24, 2.45) is 0 Å². The highest BCUT2D eigenvalue weighted by Crippen LogP contribution is 2.31. The standard InChI is InChI=1S/C21H23BrN2O3S/c1-15(21-18-8-4-3-7-16(18)14-27-21)23-28(25,26)20-10-9-17(13-19(20)22)24-11-5-2-6-12-24/h3-4,7-10,13-15,23H,2,5-6,11-12H2,1H3. The molecule has 1 aromatic heterocycles. The summed E-state index contributed by atoms with van der Waals surface area (Å²) >= 11 is 3.46. The van der Waals surface area contributed by atoms with E-state index in [9.17, 15) is 8.42 Å². The van der Waals surface area contributed by atoms with Gasteiger partial charge < -0.3 is 9.32 Å². The zero-order chi connectivity index (χ0) is 19.7. The number of nitrogens with zero attached hydrogens (tertiary/aromatic N) is 1. The highest BCUT2D eigenvalue weighted by atomic mass is 79.9. The summed E-state index contributed by atoms with van der Waals surface area (Å²) < 4.78 is 34.9. The Morgan fingerprint density at radius 3 is 2.61 bits per heavy atom.